The Morgan fingerprint density at radius 2 is 1.97 bits per heavy atom. The van der Waals surface area contributed by atoms with Gasteiger partial charge in [0.15, 0.2) is 6.29 Å². The summed E-state index contributed by atoms with van der Waals surface area (Å²) in [7, 11) is 3.43. The highest BCUT2D eigenvalue weighted by molar-refractivity contribution is 5.97. The summed E-state index contributed by atoms with van der Waals surface area (Å²) < 4.78 is 15.3. The second kappa shape index (κ2) is 8.20. The average molecular weight is 433 g/mol. The Labute approximate surface area is 185 Å². The third-order valence-corrected chi connectivity index (χ3v) is 5.94. The van der Waals surface area contributed by atoms with Crippen molar-refractivity contribution in [2.45, 2.75) is 31.6 Å². The number of pyridine rings is 1. The molecule has 3 heterocycles. The molecule has 1 aliphatic heterocycles. The molecule has 5 rings (SSSR count). The summed E-state index contributed by atoms with van der Waals surface area (Å²) in [6.45, 7) is 0. The van der Waals surface area contributed by atoms with Gasteiger partial charge in [0.25, 0.3) is 5.91 Å². The first-order chi connectivity index (χ1) is 15.5. The topological polar surface area (TPSA) is 74.0 Å². The van der Waals surface area contributed by atoms with E-state index in [4.69, 9.17) is 5.10 Å². The number of benzene rings is 1. The summed E-state index contributed by atoms with van der Waals surface area (Å²) in [6, 6.07) is 12.3. The van der Waals surface area contributed by atoms with Crippen LogP contribution >= 0.6 is 0 Å². The van der Waals surface area contributed by atoms with E-state index in [1.807, 2.05) is 18.2 Å². The van der Waals surface area contributed by atoms with Crippen LogP contribution in [-0.4, -0.2) is 53.1 Å². The van der Waals surface area contributed by atoms with Gasteiger partial charge in [-0.3, -0.25) is 15.1 Å². The van der Waals surface area contributed by atoms with Gasteiger partial charge in [0, 0.05) is 37.6 Å². The first-order valence-corrected chi connectivity index (χ1v) is 10.8. The summed E-state index contributed by atoms with van der Waals surface area (Å²) in [5.41, 5.74) is 4.37. The molecule has 1 amide bonds. The number of allylic oxidation sites excluding steroid dienone is 1. The van der Waals surface area contributed by atoms with Crippen molar-refractivity contribution < 1.29 is 9.18 Å². The molecule has 164 valence electrons. The zero-order chi connectivity index (χ0) is 22.2. The van der Waals surface area contributed by atoms with Gasteiger partial charge in [0.1, 0.15) is 17.2 Å². The lowest BCUT2D eigenvalue weighted by atomic mass is 9.93. The molecule has 0 bridgehead atoms. The van der Waals surface area contributed by atoms with Crippen LogP contribution in [0.3, 0.4) is 0 Å². The van der Waals surface area contributed by atoms with Crippen LogP contribution in [0.25, 0.3) is 22.5 Å². The van der Waals surface area contributed by atoms with E-state index in [1.165, 1.54) is 23.5 Å². The van der Waals surface area contributed by atoms with Gasteiger partial charge in [0.2, 0.25) is 0 Å². The van der Waals surface area contributed by atoms with Crippen molar-refractivity contribution in [1.29, 1.82) is 0 Å². The molecule has 2 aliphatic rings. The van der Waals surface area contributed by atoms with Crippen molar-refractivity contribution in [3.05, 3.63) is 65.6 Å². The maximum absolute atomic E-state index is 13.6. The molecule has 0 radical (unpaired) electrons. The van der Waals surface area contributed by atoms with Gasteiger partial charge in [-0.25, -0.2) is 8.91 Å². The maximum Gasteiger partial charge on any atom is 0.272 e. The fourth-order valence-corrected chi connectivity index (χ4v) is 4.01. The number of carbonyl (C=O) groups excluding carboxylic acids is 1. The van der Waals surface area contributed by atoms with Crippen molar-refractivity contribution in [2.75, 3.05) is 14.1 Å². The number of amides is 1. The average Bonchev–Trinajstić information content (AvgIpc) is 3.16. The normalized spacial score (nSPS) is 18.2. The highest BCUT2D eigenvalue weighted by Crippen LogP contribution is 2.32. The summed E-state index contributed by atoms with van der Waals surface area (Å²) in [6.07, 6.45) is 7.00. The smallest absolute Gasteiger partial charge is 0.272 e. The first-order valence-electron chi connectivity index (χ1n) is 10.8. The summed E-state index contributed by atoms with van der Waals surface area (Å²) in [5.74, 6) is -0.457. The number of carbonyl (C=O) groups is 1. The number of hydrogen-bond acceptors (Lipinski definition) is 5. The number of hydrogen-bond donors (Lipinski definition) is 2. The number of rotatable bonds is 5. The molecular weight excluding hydrogens is 407 g/mol. The number of aromatic nitrogens is 2. The van der Waals surface area contributed by atoms with Crippen molar-refractivity contribution in [2.24, 2.45) is 4.99 Å². The predicted octanol–water partition coefficient (Wildman–Crippen LogP) is 3.28. The summed E-state index contributed by atoms with van der Waals surface area (Å²) in [4.78, 5) is 18.8. The van der Waals surface area contributed by atoms with Crippen LogP contribution in [0, 0.1) is 5.82 Å². The highest BCUT2D eigenvalue weighted by Gasteiger charge is 2.26. The number of nitrogens with zero attached hydrogens (tertiary/aromatic N) is 4. The Balaban J connectivity index is 1.64. The maximum atomic E-state index is 13.6. The van der Waals surface area contributed by atoms with Crippen LogP contribution in [-0.2, 0) is 0 Å². The highest BCUT2D eigenvalue weighted by atomic mass is 19.1. The van der Waals surface area contributed by atoms with E-state index in [-0.39, 0.29) is 18.0 Å². The number of halogens is 1. The van der Waals surface area contributed by atoms with E-state index in [2.05, 4.69) is 15.6 Å². The lowest BCUT2D eigenvalue weighted by Crippen LogP contribution is -2.49. The Morgan fingerprint density at radius 1 is 1.19 bits per heavy atom. The Bertz CT molecular complexity index is 1220. The molecular formula is C24H25FN6O. The van der Waals surface area contributed by atoms with E-state index in [0.29, 0.717) is 17.4 Å². The second-order valence-electron chi connectivity index (χ2n) is 8.36. The van der Waals surface area contributed by atoms with Crippen molar-refractivity contribution in [3.8, 4) is 11.3 Å². The lowest BCUT2D eigenvalue weighted by molar-refractivity contribution is 0.0819. The zero-order valence-corrected chi connectivity index (χ0v) is 18.0. The molecule has 3 aromatic rings. The SMILES string of the molecule is CN(C)C(=O)c1cccc2c(C3=CC=NC(NC4CCC4)N3)c(-c3ccc(F)cc3)nn12. The molecule has 0 saturated heterocycles. The van der Waals surface area contributed by atoms with Crippen LogP contribution in [0.2, 0.25) is 0 Å². The van der Waals surface area contributed by atoms with Crippen LogP contribution in [0.15, 0.2) is 53.5 Å². The van der Waals surface area contributed by atoms with E-state index in [9.17, 15) is 9.18 Å². The van der Waals surface area contributed by atoms with Gasteiger partial charge < -0.3 is 10.2 Å². The molecule has 1 fully saturated rings. The van der Waals surface area contributed by atoms with Gasteiger partial charge in [-0.1, -0.05) is 12.5 Å². The molecule has 2 N–H and O–H groups in total. The largest absolute Gasteiger partial charge is 0.351 e. The molecule has 1 aliphatic carbocycles. The zero-order valence-electron chi connectivity index (χ0n) is 18.0. The minimum Gasteiger partial charge on any atom is -0.351 e. The Hall–Kier alpha value is -3.52. The second-order valence-corrected chi connectivity index (χ2v) is 8.36. The summed E-state index contributed by atoms with van der Waals surface area (Å²) >= 11 is 0. The van der Waals surface area contributed by atoms with Gasteiger partial charge >= 0.3 is 0 Å². The Morgan fingerprint density at radius 3 is 2.66 bits per heavy atom. The quantitative estimate of drug-likeness (QED) is 0.649. The molecule has 2 aromatic heterocycles. The fourth-order valence-electron chi connectivity index (χ4n) is 4.01. The molecule has 0 spiro atoms. The van der Waals surface area contributed by atoms with Crippen molar-refractivity contribution >= 4 is 23.3 Å². The number of fused-ring (bicyclic) bond motifs is 1. The van der Waals surface area contributed by atoms with Gasteiger partial charge in [-0.15, -0.1) is 0 Å². The lowest BCUT2D eigenvalue weighted by Gasteiger charge is -2.32. The molecule has 32 heavy (non-hydrogen) atoms. The molecule has 8 heteroatoms. The minimum absolute atomic E-state index is 0.146. The van der Waals surface area contributed by atoms with Gasteiger partial charge in [-0.2, -0.15) is 5.10 Å². The van der Waals surface area contributed by atoms with Gasteiger partial charge in [0.05, 0.1) is 11.1 Å². The van der Waals surface area contributed by atoms with E-state index < -0.39 is 0 Å². The van der Waals surface area contributed by atoms with Crippen LogP contribution < -0.4 is 10.6 Å². The van der Waals surface area contributed by atoms with Gasteiger partial charge in [-0.05, 0) is 55.3 Å². The third-order valence-electron chi connectivity index (χ3n) is 5.94. The monoisotopic (exact) mass is 432 g/mol. The predicted molar refractivity (Wildman–Crippen MR) is 123 cm³/mol. The molecule has 1 aromatic carbocycles. The van der Waals surface area contributed by atoms with Crippen LogP contribution in [0.5, 0.6) is 0 Å². The van der Waals surface area contributed by atoms with E-state index >= 15 is 0 Å². The van der Waals surface area contributed by atoms with E-state index in [0.717, 1.165) is 35.2 Å². The molecule has 1 atom stereocenters. The number of aliphatic imine (C=N–C) groups is 1. The molecule has 7 nitrogen and oxygen atoms in total. The van der Waals surface area contributed by atoms with Crippen LogP contribution in [0.1, 0.15) is 35.3 Å². The van der Waals surface area contributed by atoms with Crippen molar-refractivity contribution in [1.82, 2.24) is 25.1 Å². The standard InChI is InChI=1S/C24H25FN6O/c1-30(2)23(32)20-8-4-7-19-21(18-13-14-26-24(28-18)27-17-5-3-6-17)22(29-31(19)20)15-9-11-16(25)12-10-15/h4,7-14,17,24,27-28H,3,5-6H2,1-2H3. The van der Waals surface area contributed by atoms with Crippen LogP contribution in [0.4, 0.5) is 4.39 Å². The first kappa shape index (κ1) is 20.4. The Kier molecular flexibility index (Phi) is 5.22. The molecule has 1 unspecified atom stereocenters. The fraction of sp³-hybridized carbons (Fsp3) is 0.292. The summed E-state index contributed by atoms with van der Waals surface area (Å²) in [5, 5.41) is 11.8. The van der Waals surface area contributed by atoms with E-state index in [1.54, 1.807) is 43.0 Å². The molecule has 1 saturated carbocycles. The number of nitrogens with one attached hydrogen (secondary N) is 2. The van der Waals surface area contributed by atoms with Crippen molar-refractivity contribution in [3.63, 3.8) is 0 Å². The minimum atomic E-state index is -0.311. The third kappa shape index (κ3) is 3.67.